The van der Waals surface area contributed by atoms with Crippen molar-refractivity contribution in [1.29, 1.82) is 0 Å². The van der Waals surface area contributed by atoms with Crippen LogP contribution >= 0.6 is 0 Å². The Hall–Kier alpha value is -16.7. The Morgan fingerprint density at radius 3 is 0.654 bits per heavy atom. The van der Waals surface area contributed by atoms with Crippen LogP contribution in [0.2, 0.25) is 0 Å². The third-order valence-electron chi connectivity index (χ3n) is 30.8. The van der Waals surface area contributed by atoms with Gasteiger partial charge in [0.15, 0.2) is 11.6 Å². The van der Waals surface area contributed by atoms with Crippen LogP contribution in [0.15, 0.2) is 400 Å². The van der Waals surface area contributed by atoms with Crippen LogP contribution in [0.1, 0.15) is 74.9 Å². The van der Waals surface area contributed by atoms with Gasteiger partial charge in [0, 0.05) is 104 Å². The summed E-state index contributed by atoms with van der Waals surface area (Å²) in [6.45, 7) is 14.2. The average molecular weight is 1700 g/mol. The van der Waals surface area contributed by atoms with E-state index in [1.165, 1.54) is 160 Å². The minimum atomic E-state index is -0.136. The lowest BCUT2D eigenvalue weighted by molar-refractivity contribution is 0.660. The molecule has 133 heavy (non-hydrogen) atoms. The molecule has 0 saturated heterocycles. The fourth-order valence-electron chi connectivity index (χ4n) is 24.4. The summed E-state index contributed by atoms with van der Waals surface area (Å²) in [5, 5.41) is 14.2. The SMILES string of the molecule is CC1(C)c2ccccc2-c2ccc(-n3c4ccccc4c4cc(-c5ccc6c(c5)c5ccccc5n6-c5ccc6nc(-n7c8ccccc8c8cc(-c9ccc%10c(c9)c9ccccc9n%10-c9ccc%10c(c9)C(C)(C)c9ccccc9-%10)ccc87)c(-n7c8ccccc8c8cc(-c9ccc%10c(c9)c9ccccc9n%10-c9ccc%10c(c9)C(C)(C)c9ccccc9-%10)ccc87)nc6c5)ccc43)cc21. The molecule has 0 fully saturated rings. The van der Waals surface area contributed by atoms with Gasteiger partial charge in [0.2, 0.25) is 0 Å². The molecule has 19 aromatic carbocycles. The Morgan fingerprint density at radius 2 is 0.368 bits per heavy atom. The van der Waals surface area contributed by atoms with Gasteiger partial charge < -0.3 is 18.3 Å². The van der Waals surface area contributed by atoms with Crippen LogP contribution in [-0.4, -0.2) is 37.4 Å². The maximum Gasteiger partial charge on any atom is 0.182 e. The molecule has 0 unspecified atom stereocenters. The summed E-state index contributed by atoms with van der Waals surface area (Å²) in [4.78, 5) is 12.1. The summed E-state index contributed by atoms with van der Waals surface area (Å²) in [5.74, 6) is 1.44. The molecule has 0 aliphatic heterocycles. The van der Waals surface area contributed by atoms with Gasteiger partial charge in [-0.15, -0.1) is 0 Å². The molecule has 0 saturated carbocycles. The maximum absolute atomic E-state index is 6.11. The van der Waals surface area contributed by atoms with Crippen LogP contribution in [0.25, 0.3) is 243 Å². The Labute approximate surface area is 766 Å². The van der Waals surface area contributed by atoms with E-state index in [1.807, 2.05) is 0 Å². The zero-order valence-corrected chi connectivity index (χ0v) is 74.2. The summed E-state index contributed by atoms with van der Waals surface area (Å²) in [6.07, 6.45) is 0. The van der Waals surface area contributed by atoms with Crippen LogP contribution in [-0.2, 0) is 16.2 Å². The van der Waals surface area contributed by atoms with Gasteiger partial charge in [0.05, 0.1) is 77.2 Å². The largest absolute Gasteiger partial charge is 0.309 e. The van der Waals surface area contributed by atoms with Gasteiger partial charge >= 0.3 is 0 Å². The predicted octanol–water partition coefficient (Wildman–Crippen LogP) is 32.1. The second kappa shape index (κ2) is 26.8. The minimum Gasteiger partial charge on any atom is -0.309 e. The zero-order valence-electron chi connectivity index (χ0n) is 74.2. The Balaban J connectivity index is 0.588. The van der Waals surface area contributed by atoms with Crippen molar-refractivity contribution in [2.75, 3.05) is 0 Å². The van der Waals surface area contributed by atoms with Gasteiger partial charge in [-0.2, -0.15) is 0 Å². The van der Waals surface area contributed by atoms with Crippen LogP contribution < -0.4 is 0 Å². The summed E-state index contributed by atoms with van der Waals surface area (Å²) in [7, 11) is 0. The third-order valence-corrected chi connectivity index (χ3v) is 30.8. The molecule has 26 aromatic rings. The van der Waals surface area contributed by atoms with E-state index in [2.05, 4.69) is 469 Å². The first-order chi connectivity index (χ1) is 65.2. The van der Waals surface area contributed by atoms with Crippen molar-refractivity contribution in [2.24, 2.45) is 0 Å². The molecule has 0 N–H and O–H groups in total. The van der Waals surface area contributed by atoms with Gasteiger partial charge in [-0.3, -0.25) is 9.13 Å². The number of benzene rings is 19. The van der Waals surface area contributed by atoms with Crippen LogP contribution in [0.5, 0.6) is 0 Å². The third kappa shape index (κ3) is 10.2. The molecule has 0 atom stereocenters. The van der Waals surface area contributed by atoms with Crippen molar-refractivity contribution in [1.82, 2.24) is 37.4 Å². The van der Waals surface area contributed by atoms with E-state index in [1.54, 1.807) is 0 Å². The first-order valence-electron chi connectivity index (χ1n) is 46.5. The lowest BCUT2D eigenvalue weighted by Crippen LogP contribution is -2.15. The van der Waals surface area contributed by atoms with Gasteiger partial charge in [0.25, 0.3) is 0 Å². The summed E-state index contributed by atoms with van der Waals surface area (Å²) in [5.41, 5.74) is 42.1. The minimum absolute atomic E-state index is 0.122. The molecule has 0 amide bonds. The molecular weight excluding hydrogens is 1610 g/mol. The number of para-hydroxylation sites is 6. The van der Waals surface area contributed by atoms with Crippen molar-refractivity contribution < 1.29 is 0 Å². The van der Waals surface area contributed by atoms with E-state index in [0.717, 1.165) is 117 Å². The predicted molar refractivity (Wildman–Crippen MR) is 555 cm³/mol. The lowest BCUT2D eigenvalue weighted by Gasteiger charge is -2.22. The smallest absolute Gasteiger partial charge is 0.182 e. The van der Waals surface area contributed by atoms with Crippen molar-refractivity contribution in [2.45, 2.75) is 57.8 Å². The highest BCUT2D eigenvalue weighted by Gasteiger charge is 2.40. The number of hydrogen-bond acceptors (Lipinski definition) is 2. The first-order valence-corrected chi connectivity index (χ1v) is 46.5. The lowest BCUT2D eigenvalue weighted by atomic mass is 9.82. The topological polar surface area (TPSA) is 55.4 Å². The van der Waals surface area contributed by atoms with Gasteiger partial charge in [-0.25, -0.2) is 9.97 Å². The normalized spacial score (nSPS) is 14.0. The van der Waals surface area contributed by atoms with Crippen LogP contribution in [0.3, 0.4) is 0 Å². The number of fused-ring (bicyclic) bond motifs is 28. The molecule has 8 nitrogen and oxygen atoms in total. The van der Waals surface area contributed by atoms with Crippen molar-refractivity contribution in [3.63, 3.8) is 0 Å². The standard InChI is InChI=1S/C125H84N8/c1-123(2)101-34-16-7-25-83(101)86-53-49-79(69-104(86)123)128-109-37-19-10-28-89(109)95-63-73(43-57-115(95)128)74-46-60-118-98(66-74)92-31-13-22-40-112(92)131(118)82-52-56-107-108(72-82)127-122(133-114-42-24-15-33-94(114)100-68-78(48-62-120(100)133)76-45-59-117-97(65-76)91-30-12-21-39-111(91)130(117)81-51-55-88-85-27-9-18-36-103(85)125(5,6)106(88)71-81)121(126-107)132-113-41-23-14-32-93(113)99-67-77(47-61-119(99)132)75-44-58-116-96(64-75)90-29-11-20-38-110(90)129(116)80-50-54-87-84-26-8-17-35-102(84)124(3,4)105(87)70-80/h7-72H,1-6H3. The average Bonchev–Trinajstić information content (AvgIpc) is 1.56. The highest BCUT2D eigenvalue weighted by molar-refractivity contribution is 6.18. The number of hydrogen-bond donors (Lipinski definition) is 0. The fourth-order valence-corrected chi connectivity index (χ4v) is 24.4. The van der Waals surface area contributed by atoms with E-state index >= 15 is 0 Å². The van der Waals surface area contributed by atoms with Crippen molar-refractivity contribution >= 4 is 142 Å². The molecule has 29 rings (SSSR count). The molecule has 0 spiro atoms. The van der Waals surface area contributed by atoms with Crippen molar-refractivity contribution in [3.8, 4) is 101 Å². The molecule has 3 aliphatic carbocycles. The van der Waals surface area contributed by atoms with E-state index in [4.69, 9.17) is 9.97 Å². The summed E-state index contributed by atoms with van der Waals surface area (Å²) < 4.78 is 14.6. The maximum atomic E-state index is 6.11. The van der Waals surface area contributed by atoms with Crippen molar-refractivity contribution in [3.05, 3.63) is 434 Å². The van der Waals surface area contributed by atoms with E-state index in [0.29, 0.717) is 0 Å². The number of nitrogens with zero attached hydrogens (tertiary/aromatic N) is 8. The Bertz CT molecular complexity index is 9720. The van der Waals surface area contributed by atoms with E-state index in [-0.39, 0.29) is 16.2 Å². The molecule has 0 radical (unpaired) electrons. The van der Waals surface area contributed by atoms with Crippen LogP contribution in [0, 0.1) is 0 Å². The Kier molecular flexibility index (Phi) is 14.9. The van der Waals surface area contributed by atoms with Crippen LogP contribution in [0.4, 0.5) is 0 Å². The molecule has 7 aromatic heterocycles. The molecule has 8 heteroatoms. The molecule has 3 aliphatic rings. The first kappa shape index (κ1) is 74.3. The van der Waals surface area contributed by atoms with Gasteiger partial charge in [-0.1, -0.05) is 278 Å². The van der Waals surface area contributed by atoms with E-state index < -0.39 is 0 Å². The second-order valence-electron chi connectivity index (χ2n) is 38.8. The molecular formula is C125H84N8. The zero-order chi connectivity index (χ0) is 87.9. The fraction of sp³-hybridized carbons (Fsp3) is 0.0720. The number of rotatable bonds is 9. The van der Waals surface area contributed by atoms with E-state index in [9.17, 15) is 0 Å². The Morgan fingerprint density at radius 1 is 0.158 bits per heavy atom. The quantitative estimate of drug-likeness (QED) is 0.145. The monoisotopic (exact) mass is 1700 g/mol. The van der Waals surface area contributed by atoms with Gasteiger partial charge in [0.1, 0.15) is 0 Å². The summed E-state index contributed by atoms with van der Waals surface area (Å²) >= 11 is 0. The summed E-state index contributed by atoms with van der Waals surface area (Å²) in [6, 6.07) is 150. The number of aromatic nitrogens is 8. The molecule has 7 heterocycles. The second-order valence-corrected chi connectivity index (χ2v) is 38.8. The molecule has 624 valence electrons. The van der Waals surface area contributed by atoms with Gasteiger partial charge in [-0.05, 0) is 264 Å². The highest BCUT2D eigenvalue weighted by atomic mass is 15.2. The highest BCUT2D eigenvalue weighted by Crippen LogP contribution is 2.55. The molecule has 0 bridgehead atoms.